The molecule has 0 unspecified atom stereocenters. The summed E-state index contributed by atoms with van der Waals surface area (Å²) in [5.41, 5.74) is 4.13. The summed E-state index contributed by atoms with van der Waals surface area (Å²) in [5, 5.41) is 0.532. The number of methoxy groups -OCH3 is 1. The van der Waals surface area contributed by atoms with E-state index in [0.717, 1.165) is 16.9 Å². The molecule has 0 bridgehead atoms. The van der Waals surface area contributed by atoms with Crippen LogP contribution in [-0.2, 0) is 6.61 Å². The van der Waals surface area contributed by atoms with Crippen LogP contribution in [0.1, 0.15) is 16.9 Å². The summed E-state index contributed by atoms with van der Waals surface area (Å²) in [7, 11) is 1.61. The quantitative estimate of drug-likeness (QED) is 0.444. The highest BCUT2D eigenvalue weighted by Crippen LogP contribution is 2.27. The van der Waals surface area contributed by atoms with E-state index in [1.54, 1.807) is 32.2 Å². The van der Waals surface area contributed by atoms with E-state index in [1.807, 2.05) is 36.4 Å². The van der Waals surface area contributed by atoms with Gasteiger partial charge in [-0.2, -0.15) is 0 Å². The minimum atomic E-state index is -0.0565. The summed E-state index contributed by atoms with van der Waals surface area (Å²) < 4.78 is 17.1. The zero-order chi connectivity index (χ0) is 20.4. The van der Waals surface area contributed by atoms with Crippen LogP contribution in [0.25, 0.3) is 22.1 Å². The van der Waals surface area contributed by atoms with Crippen molar-refractivity contribution in [2.45, 2.75) is 20.5 Å². The average Bonchev–Trinajstić information content (AvgIpc) is 2.73. The molecule has 1 heterocycles. The van der Waals surface area contributed by atoms with Gasteiger partial charge in [-0.25, -0.2) is 0 Å². The Morgan fingerprint density at radius 1 is 0.862 bits per heavy atom. The van der Waals surface area contributed by atoms with Gasteiger partial charge in [-0.05, 0) is 49.2 Å². The van der Waals surface area contributed by atoms with Crippen molar-refractivity contribution in [3.8, 4) is 22.6 Å². The standard InChI is InChI=1S/C25H22O4/c1-16-4-6-18(7-5-16)15-28-21-12-13-22-23(14-21)29-17(2)24(25(22)26)19-8-10-20(27-3)11-9-19/h4-14H,15H2,1-3H3. The lowest BCUT2D eigenvalue weighted by Gasteiger charge is -2.10. The molecule has 0 saturated carbocycles. The van der Waals surface area contributed by atoms with Crippen molar-refractivity contribution >= 4 is 11.0 Å². The van der Waals surface area contributed by atoms with Crippen LogP contribution in [0.3, 0.4) is 0 Å². The van der Waals surface area contributed by atoms with E-state index in [2.05, 4.69) is 19.1 Å². The number of aryl methyl sites for hydroxylation is 2. The number of hydrogen-bond acceptors (Lipinski definition) is 4. The molecule has 0 aliphatic heterocycles. The second-order valence-electron chi connectivity index (χ2n) is 7.02. The van der Waals surface area contributed by atoms with Crippen LogP contribution >= 0.6 is 0 Å². The van der Waals surface area contributed by atoms with Crippen molar-refractivity contribution in [3.63, 3.8) is 0 Å². The molecule has 1 aromatic heterocycles. The maximum Gasteiger partial charge on any atom is 0.200 e. The largest absolute Gasteiger partial charge is 0.497 e. The van der Waals surface area contributed by atoms with Gasteiger partial charge in [0.15, 0.2) is 0 Å². The van der Waals surface area contributed by atoms with Crippen LogP contribution in [-0.4, -0.2) is 7.11 Å². The summed E-state index contributed by atoms with van der Waals surface area (Å²) in [6.45, 7) is 4.32. The van der Waals surface area contributed by atoms with Crippen molar-refractivity contribution in [1.29, 1.82) is 0 Å². The summed E-state index contributed by atoms with van der Waals surface area (Å²) in [6, 6.07) is 20.9. The fourth-order valence-corrected chi connectivity index (χ4v) is 3.32. The fraction of sp³-hybridized carbons (Fsp3) is 0.160. The molecule has 0 aliphatic carbocycles. The van der Waals surface area contributed by atoms with Crippen molar-refractivity contribution in [1.82, 2.24) is 0 Å². The van der Waals surface area contributed by atoms with Crippen molar-refractivity contribution in [2.24, 2.45) is 0 Å². The van der Waals surface area contributed by atoms with Gasteiger partial charge in [0.1, 0.15) is 29.4 Å². The van der Waals surface area contributed by atoms with E-state index in [9.17, 15) is 4.79 Å². The number of benzene rings is 3. The molecular formula is C25H22O4. The maximum atomic E-state index is 13.1. The molecule has 0 spiro atoms. The highest BCUT2D eigenvalue weighted by Gasteiger charge is 2.14. The first kappa shape index (κ1) is 18.8. The third kappa shape index (κ3) is 3.87. The van der Waals surface area contributed by atoms with Gasteiger partial charge in [0, 0.05) is 6.07 Å². The monoisotopic (exact) mass is 386 g/mol. The number of ether oxygens (including phenoxy) is 2. The molecule has 4 rings (SSSR count). The van der Waals surface area contributed by atoms with Gasteiger partial charge in [0.05, 0.1) is 18.1 Å². The van der Waals surface area contributed by atoms with E-state index in [0.29, 0.717) is 34.6 Å². The van der Waals surface area contributed by atoms with Crippen molar-refractivity contribution < 1.29 is 13.9 Å². The van der Waals surface area contributed by atoms with Crippen LogP contribution in [0.2, 0.25) is 0 Å². The molecule has 3 aromatic carbocycles. The summed E-state index contributed by atoms with van der Waals surface area (Å²) in [6.07, 6.45) is 0. The lowest BCUT2D eigenvalue weighted by Crippen LogP contribution is -2.07. The molecule has 4 nitrogen and oxygen atoms in total. The fourth-order valence-electron chi connectivity index (χ4n) is 3.32. The Kier molecular flexibility index (Phi) is 5.09. The SMILES string of the molecule is COc1ccc(-c2c(C)oc3cc(OCc4ccc(C)cc4)ccc3c2=O)cc1. The molecule has 0 N–H and O–H groups in total. The third-order valence-corrected chi connectivity index (χ3v) is 4.94. The first-order chi connectivity index (χ1) is 14.0. The second-order valence-corrected chi connectivity index (χ2v) is 7.02. The average molecular weight is 386 g/mol. The predicted octanol–water partition coefficient (Wildman–Crippen LogP) is 5.66. The lowest BCUT2D eigenvalue weighted by molar-refractivity contribution is 0.306. The van der Waals surface area contributed by atoms with Gasteiger partial charge in [-0.3, -0.25) is 4.79 Å². The lowest BCUT2D eigenvalue weighted by atomic mass is 10.0. The molecule has 0 atom stereocenters. The van der Waals surface area contributed by atoms with Crippen LogP contribution in [0, 0.1) is 13.8 Å². The van der Waals surface area contributed by atoms with Gasteiger partial charge in [0.2, 0.25) is 5.43 Å². The Morgan fingerprint density at radius 3 is 2.24 bits per heavy atom. The Hall–Kier alpha value is -3.53. The third-order valence-electron chi connectivity index (χ3n) is 4.94. The number of hydrogen-bond donors (Lipinski definition) is 0. The molecular weight excluding hydrogens is 364 g/mol. The minimum Gasteiger partial charge on any atom is -0.497 e. The van der Waals surface area contributed by atoms with Gasteiger partial charge < -0.3 is 13.9 Å². The Labute approximate surface area is 169 Å². The number of fused-ring (bicyclic) bond motifs is 1. The Balaban J connectivity index is 1.65. The predicted molar refractivity (Wildman–Crippen MR) is 115 cm³/mol. The topological polar surface area (TPSA) is 48.7 Å². The first-order valence-electron chi connectivity index (χ1n) is 9.45. The molecule has 146 valence electrons. The van der Waals surface area contributed by atoms with E-state index in [4.69, 9.17) is 13.9 Å². The van der Waals surface area contributed by atoms with E-state index in [-0.39, 0.29) is 5.43 Å². The van der Waals surface area contributed by atoms with Crippen LogP contribution in [0.5, 0.6) is 11.5 Å². The molecule has 0 amide bonds. The first-order valence-corrected chi connectivity index (χ1v) is 9.45. The summed E-state index contributed by atoms with van der Waals surface area (Å²) >= 11 is 0. The molecule has 0 aliphatic rings. The van der Waals surface area contributed by atoms with Gasteiger partial charge in [-0.15, -0.1) is 0 Å². The Morgan fingerprint density at radius 2 is 1.55 bits per heavy atom. The van der Waals surface area contributed by atoms with Crippen molar-refractivity contribution in [2.75, 3.05) is 7.11 Å². The molecule has 29 heavy (non-hydrogen) atoms. The normalized spacial score (nSPS) is 10.9. The molecule has 0 fully saturated rings. The van der Waals surface area contributed by atoms with Crippen LogP contribution in [0.4, 0.5) is 0 Å². The highest BCUT2D eigenvalue weighted by molar-refractivity contribution is 5.83. The zero-order valence-electron chi connectivity index (χ0n) is 16.7. The summed E-state index contributed by atoms with van der Waals surface area (Å²) in [5.74, 6) is 1.98. The van der Waals surface area contributed by atoms with Gasteiger partial charge >= 0.3 is 0 Å². The molecule has 0 saturated heterocycles. The second kappa shape index (κ2) is 7.84. The van der Waals surface area contributed by atoms with Crippen molar-refractivity contribution in [3.05, 3.63) is 93.8 Å². The van der Waals surface area contributed by atoms with Crippen LogP contribution in [0.15, 0.2) is 75.9 Å². The van der Waals surface area contributed by atoms with Crippen LogP contribution < -0.4 is 14.9 Å². The molecule has 4 heteroatoms. The van der Waals surface area contributed by atoms with Gasteiger partial charge in [0.25, 0.3) is 0 Å². The smallest absolute Gasteiger partial charge is 0.200 e. The highest BCUT2D eigenvalue weighted by atomic mass is 16.5. The zero-order valence-corrected chi connectivity index (χ0v) is 16.7. The number of rotatable bonds is 5. The Bertz CT molecular complexity index is 1200. The molecule has 0 radical (unpaired) electrons. The maximum absolute atomic E-state index is 13.1. The molecule has 4 aromatic rings. The summed E-state index contributed by atoms with van der Waals surface area (Å²) in [4.78, 5) is 13.1. The van der Waals surface area contributed by atoms with E-state index >= 15 is 0 Å². The van der Waals surface area contributed by atoms with Gasteiger partial charge in [-0.1, -0.05) is 42.0 Å². The van der Waals surface area contributed by atoms with E-state index < -0.39 is 0 Å². The minimum absolute atomic E-state index is 0.0565. The van der Waals surface area contributed by atoms with E-state index in [1.165, 1.54) is 5.56 Å².